The van der Waals surface area contributed by atoms with Crippen molar-refractivity contribution in [2.45, 2.75) is 47.8 Å². The first-order valence-electron chi connectivity index (χ1n) is 9.26. The average Bonchev–Trinajstić information content (AvgIpc) is 3.35. The molecule has 0 amide bonds. The Bertz CT molecular complexity index is 1250. The van der Waals surface area contributed by atoms with E-state index >= 15 is 0 Å². The van der Waals surface area contributed by atoms with Crippen molar-refractivity contribution >= 4 is 31.9 Å². The van der Waals surface area contributed by atoms with Crippen LogP contribution in [0, 0.1) is 0 Å². The molecular weight excluding hydrogens is 378 g/mol. The fraction of sp³-hybridized carbons (Fsp3) is 0.316. The molecular formula is C19H19N5O3S. The molecule has 4 aromatic rings. The van der Waals surface area contributed by atoms with Gasteiger partial charge in [-0.1, -0.05) is 23.4 Å². The summed E-state index contributed by atoms with van der Waals surface area (Å²) in [4.78, 5) is 7.57. The Morgan fingerprint density at radius 3 is 2.57 bits per heavy atom. The molecule has 1 aliphatic carbocycles. The van der Waals surface area contributed by atoms with Gasteiger partial charge in [0.15, 0.2) is 10.5 Å². The lowest BCUT2D eigenvalue weighted by atomic mass is 9.93. The topological polar surface area (TPSA) is 114 Å². The summed E-state index contributed by atoms with van der Waals surface area (Å²) < 4.78 is 28.3. The Morgan fingerprint density at radius 1 is 1.07 bits per heavy atom. The van der Waals surface area contributed by atoms with Gasteiger partial charge in [-0.3, -0.25) is 0 Å². The summed E-state index contributed by atoms with van der Waals surface area (Å²) in [6.45, 7) is 0. The Hall–Kier alpha value is -2.78. The van der Waals surface area contributed by atoms with E-state index in [1.54, 1.807) is 36.5 Å². The summed E-state index contributed by atoms with van der Waals surface area (Å²) in [5.74, 6) is 0. The summed E-state index contributed by atoms with van der Waals surface area (Å²) in [5, 5.41) is 19.0. The molecule has 28 heavy (non-hydrogen) atoms. The maximum absolute atomic E-state index is 13.3. The number of aliphatic hydroxyl groups is 1. The molecule has 0 saturated heterocycles. The first-order chi connectivity index (χ1) is 13.6. The number of nitrogens with one attached hydrogen (secondary N) is 1. The highest BCUT2D eigenvalue weighted by atomic mass is 32.2. The summed E-state index contributed by atoms with van der Waals surface area (Å²) in [5.41, 5.74) is 1.44. The van der Waals surface area contributed by atoms with Crippen LogP contribution < -0.4 is 0 Å². The highest BCUT2D eigenvalue weighted by Crippen LogP contribution is 2.35. The third-order valence-electron chi connectivity index (χ3n) is 5.41. The maximum atomic E-state index is 13.3. The van der Waals surface area contributed by atoms with E-state index in [1.807, 2.05) is 10.7 Å². The molecule has 0 atom stereocenters. The van der Waals surface area contributed by atoms with E-state index < -0.39 is 9.84 Å². The molecule has 3 heterocycles. The molecule has 0 radical (unpaired) electrons. The zero-order valence-corrected chi connectivity index (χ0v) is 15.8. The highest BCUT2D eigenvalue weighted by Gasteiger charge is 2.30. The van der Waals surface area contributed by atoms with Crippen LogP contribution in [0.25, 0.3) is 22.1 Å². The third kappa shape index (κ3) is 2.61. The fourth-order valence-electron chi connectivity index (χ4n) is 3.94. The molecule has 0 unspecified atom stereocenters. The van der Waals surface area contributed by atoms with Gasteiger partial charge in [-0.05, 0) is 43.9 Å². The van der Waals surface area contributed by atoms with Gasteiger partial charge in [-0.25, -0.2) is 18.1 Å². The second-order valence-corrected chi connectivity index (χ2v) is 9.03. The van der Waals surface area contributed by atoms with Crippen molar-refractivity contribution in [3.8, 4) is 0 Å². The number of benzene rings is 1. The number of hydrogen-bond donors (Lipinski definition) is 2. The average molecular weight is 397 g/mol. The summed E-state index contributed by atoms with van der Waals surface area (Å²) in [6, 6.07) is 10.2. The zero-order chi connectivity index (χ0) is 19.3. The largest absolute Gasteiger partial charge is 0.393 e. The van der Waals surface area contributed by atoms with Crippen LogP contribution >= 0.6 is 0 Å². The fourth-order valence-corrected chi connectivity index (χ4v) is 5.29. The molecule has 1 fully saturated rings. The number of hydrogen-bond acceptors (Lipinski definition) is 6. The molecule has 0 bridgehead atoms. The normalized spacial score (nSPS) is 20.8. The number of pyridine rings is 1. The molecule has 5 rings (SSSR count). The van der Waals surface area contributed by atoms with Crippen LogP contribution in [0.3, 0.4) is 0 Å². The second kappa shape index (κ2) is 6.39. The van der Waals surface area contributed by atoms with Gasteiger partial charge >= 0.3 is 0 Å². The number of fused-ring (bicyclic) bond motifs is 3. The number of sulfone groups is 1. The van der Waals surface area contributed by atoms with E-state index in [-0.39, 0.29) is 27.6 Å². The van der Waals surface area contributed by atoms with Gasteiger partial charge in [-0.2, -0.15) is 0 Å². The molecule has 8 nitrogen and oxygen atoms in total. The van der Waals surface area contributed by atoms with Gasteiger partial charge in [-0.15, -0.1) is 5.10 Å². The number of aliphatic hydroxyl groups excluding tert-OH is 1. The van der Waals surface area contributed by atoms with Crippen molar-refractivity contribution in [3.05, 3.63) is 42.6 Å². The van der Waals surface area contributed by atoms with Gasteiger partial charge in [0, 0.05) is 11.6 Å². The van der Waals surface area contributed by atoms with Crippen molar-refractivity contribution < 1.29 is 13.5 Å². The lowest BCUT2D eigenvalue weighted by Gasteiger charge is -2.25. The standard InChI is InChI=1S/C19H19N5O3S/c25-13-8-6-12(7-9-13)24-17-15-10-11-20-18(15)21-19(16(17)22-23-24)28(26,27)14-4-2-1-3-5-14/h1-5,10-13,25H,6-9H2,(H,20,21). The molecule has 1 aliphatic rings. The number of aromatic nitrogens is 5. The molecule has 1 aromatic carbocycles. The predicted octanol–water partition coefficient (Wildman–Crippen LogP) is 2.62. The van der Waals surface area contributed by atoms with Crippen LogP contribution in [0.1, 0.15) is 31.7 Å². The van der Waals surface area contributed by atoms with Crippen molar-refractivity contribution in [2.24, 2.45) is 0 Å². The Balaban J connectivity index is 1.75. The summed E-state index contributed by atoms with van der Waals surface area (Å²) in [6.07, 6.45) is 4.39. The Labute approximate surface area is 161 Å². The SMILES string of the molecule is O=S(=O)(c1ccccc1)c1nc2[nH]ccc2c2c1nnn2C1CCC(O)CC1. The lowest BCUT2D eigenvalue weighted by molar-refractivity contribution is 0.108. The number of nitrogens with zero attached hydrogens (tertiary/aromatic N) is 4. The molecule has 1 saturated carbocycles. The molecule has 2 N–H and O–H groups in total. The molecule has 3 aromatic heterocycles. The van der Waals surface area contributed by atoms with Crippen LogP contribution in [-0.2, 0) is 9.84 Å². The Kier molecular flexibility index (Phi) is 3.95. The first-order valence-corrected chi connectivity index (χ1v) is 10.7. The van der Waals surface area contributed by atoms with Crippen LogP contribution in [0.5, 0.6) is 0 Å². The van der Waals surface area contributed by atoms with Crippen molar-refractivity contribution in [2.75, 3.05) is 0 Å². The number of H-pyrrole nitrogens is 1. The van der Waals surface area contributed by atoms with Gasteiger partial charge in [0.05, 0.1) is 17.0 Å². The van der Waals surface area contributed by atoms with Crippen molar-refractivity contribution in [1.29, 1.82) is 0 Å². The van der Waals surface area contributed by atoms with Gasteiger partial charge in [0.1, 0.15) is 11.2 Å². The van der Waals surface area contributed by atoms with Crippen molar-refractivity contribution in [1.82, 2.24) is 25.0 Å². The smallest absolute Gasteiger partial charge is 0.226 e. The van der Waals surface area contributed by atoms with Gasteiger partial charge < -0.3 is 10.1 Å². The molecule has 0 spiro atoms. The first kappa shape index (κ1) is 17.3. The van der Waals surface area contributed by atoms with Crippen molar-refractivity contribution in [3.63, 3.8) is 0 Å². The van der Waals surface area contributed by atoms with E-state index in [9.17, 15) is 13.5 Å². The maximum Gasteiger partial charge on any atom is 0.226 e. The minimum atomic E-state index is -3.85. The number of aromatic amines is 1. The van der Waals surface area contributed by atoms with Crippen LogP contribution in [0.15, 0.2) is 52.5 Å². The van der Waals surface area contributed by atoms with Crippen LogP contribution in [0.2, 0.25) is 0 Å². The van der Waals surface area contributed by atoms with Gasteiger partial charge in [0.25, 0.3) is 0 Å². The second-order valence-electron chi connectivity index (χ2n) is 7.17. The minimum Gasteiger partial charge on any atom is -0.393 e. The molecule has 144 valence electrons. The van der Waals surface area contributed by atoms with Crippen LogP contribution in [0.4, 0.5) is 0 Å². The van der Waals surface area contributed by atoms with E-state index in [2.05, 4.69) is 20.3 Å². The predicted molar refractivity (Wildman–Crippen MR) is 103 cm³/mol. The Morgan fingerprint density at radius 2 is 1.82 bits per heavy atom. The number of rotatable bonds is 3. The third-order valence-corrected chi connectivity index (χ3v) is 7.10. The van der Waals surface area contributed by atoms with Gasteiger partial charge in [0.2, 0.25) is 9.84 Å². The monoisotopic (exact) mass is 397 g/mol. The van der Waals surface area contributed by atoms with E-state index in [0.717, 1.165) is 18.2 Å². The summed E-state index contributed by atoms with van der Waals surface area (Å²) in [7, 11) is -3.85. The van der Waals surface area contributed by atoms with Crippen LogP contribution in [-0.4, -0.2) is 44.6 Å². The minimum absolute atomic E-state index is 0.0705. The lowest BCUT2D eigenvalue weighted by Crippen LogP contribution is -2.21. The molecule has 0 aliphatic heterocycles. The highest BCUT2D eigenvalue weighted by molar-refractivity contribution is 7.91. The zero-order valence-electron chi connectivity index (χ0n) is 15.0. The molecule has 9 heteroatoms. The summed E-state index contributed by atoms with van der Waals surface area (Å²) >= 11 is 0. The van der Waals surface area contributed by atoms with E-state index in [1.165, 1.54) is 0 Å². The quantitative estimate of drug-likeness (QED) is 0.549. The van der Waals surface area contributed by atoms with E-state index in [4.69, 9.17) is 0 Å². The van der Waals surface area contributed by atoms with E-state index in [0.29, 0.717) is 24.0 Å².